The van der Waals surface area contributed by atoms with E-state index < -0.39 is 0 Å². The Kier molecular flexibility index (Phi) is 2.32. The summed E-state index contributed by atoms with van der Waals surface area (Å²) in [6.45, 7) is 0. The second kappa shape index (κ2) is 3.93. The molecule has 19 heavy (non-hydrogen) atoms. The molecule has 4 saturated carbocycles. The molecule has 0 spiro atoms. The lowest BCUT2D eigenvalue weighted by Gasteiger charge is -2.54. The van der Waals surface area contributed by atoms with Gasteiger partial charge in [0.2, 0.25) is 0 Å². The predicted octanol–water partition coefficient (Wildman–Crippen LogP) is 2.18. The van der Waals surface area contributed by atoms with Gasteiger partial charge in [0.15, 0.2) is 0 Å². The first-order valence-corrected chi connectivity index (χ1v) is 7.24. The Balaban J connectivity index is 1.80. The highest BCUT2D eigenvalue weighted by atomic mass is 16.1. The summed E-state index contributed by atoms with van der Waals surface area (Å²) in [5.41, 5.74) is 0.751. The van der Waals surface area contributed by atoms with E-state index >= 15 is 0 Å². The third-order valence-corrected chi connectivity index (χ3v) is 5.54. The Bertz CT molecular complexity index is 585. The van der Waals surface area contributed by atoms with Crippen LogP contribution in [0.4, 0.5) is 0 Å². The topological polar surface area (TPSA) is 69.5 Å². The first-order valence-electron chi connectivity index (χ1n) is 7.24. The number of H-pyrrole nitrogens is 1. The van der Waals surface area contributed by atoms with Crippen LogP contribution in [0, 0.1) is 35.0 Å². The van der Waals surface area contributed by atoms with E-state index in [9.17, 15) is 10.1 Å². The maximum absolute atomic E-state index is 11.8. The molecule has 4 fully saturated rings. The molecule has 0 radical (unpaired) electrons. The van der Waals surface area contributed by atoms with Crippen molar-refractivity contribution < 1.29 is 0 Å². The molecule has 4 nitrogen and oxygen atoms in total. The molecule has 1 aromatic rings. The Morgan fingerprint density at radius 1 is 1.16 bits per heavy atom. The summed E-state index contributed by atoms with van der Waals surface area (Å²) in [6, 6.07) is 2.07. The number of nitriles is 1. The van der Waals surface area contributed by atoms with Crippen LogP contribution >= 0.6 is 0 Å². The van der Waals surface area contributed by atoms with Gasteiger partial charge in [-0.25, -0.2) is 4.98 Å². The van der Waals surface area contributed by atoms with Gasteiger partial charge in [0.25, 0.3) is 5.56 Å². The highest BCUT2D eigenvalue weighted by Gasteiger charge is 2.49. The molecule has 0 saturated heterocycles. The smallest absolute Gasteiger partial charge is 0.268 e. The van der Waals surface area contributed by atoms with Crippen molar-refractivity contribution in [1.82, 2.24) is 9.97 Å². The van der Waals surface area contributed by atoms with Gasteiger partial charge in [-0.2, -0.15) is 5.26 Å². The summed E-state index contributed by atoms with van der Waals surface area (Å²) in [7, 11) is 0. The fourth-order valence-electron chi connectivity index (χ4n) is 5.15. The molecule has 1 heterocycles. The number of hydrogen-bond donors (Lipinski definition) is 1. The van der Waals surface area contributed by atoms with E-state index in [1.807, 2.05) is 0 Å². The van der Waals surface area contributed by atoms with Gasteiger partial charge in [-0.05, 0) is 55.8 Å². The monoisotopic (exact) mass is 255 g/mol. The predicted molar refractivity (Wildman–Crippen MR) is 69.4 cm³/mol. The molecular formula is C15H17N3O. The van der Waals surface area contributed by atoms with E-state index in [1.54, 1.807) is 0 Å². The first kappa shape index (κ1) is 11.2. The van der Waals surface area contributed by atoms with Crippen molar-refractivity contribution in [1.29, 1.82) is 5.26 Å². The fourth-order valence-corrected chi connectivity index (χ4v) is 5.15. The normalized spacial score (nSPS) is 39.2. The molecule has 0 amide bonds. The Hall–Kier alpha value is -1.63. The lowest BCUT2D eigenvalue weighted by molar-refractivity contribution is -0.00432. The number of aromatic amines is 1. The lowest BCUT2D eigenvalue weighted by Crippen LogP contribution is -2.44. The van der Waals surface area contributed by atoms with E-state index in [0.29, 0.717) is 17.8 Å². The summed E-state index contributed by atoms with van der Waals surface area (Å²) in [4.78, 5) is 18.7. The maximum Gasteiger partial charge on any atom is 0.268 e. The molecular weight excluding hydrogens is 238 g/mol. The van der Waals surface area contributed by atoms with Crippen molar-refractivity contribution >= 4 is 0 Å². The standard InChI is InChI=1S/C15H17N3O/c16-6-12-14(17-7-18-15(12)19)13-10-2-8-1-9(4-10)5-11(13)3-8/h7-11,13H,1-5H2,(H,17,18,19). The van der Waals surface area contributed by atoms with Crippen LogP contribution in [-0.2, 0) is 0 Å². The Morgan fingerprint density at radius 2 is 1.79 bits per heavy atom. The average molecular weight is 255 g/mol. The first-order chi connectivity index (χ1) is 9.26. The van der Waals surface area contributed by atoms with Crippen LogP contribution in [-0.4, -0.2) is 9.97 Å². The van der Waals surface area contributed by atoms with Gasteiger partial charge >= 0.3 is 0 Å². The number of nitrogens with zero attached hydrogens (tertiary/aromatic N) is 2. The van der Waals surface area contributed by atoms with Crippen LogP contribution in [0.5, 0.6) is 0 Å². The fraction of sp³-hybridized carbons (Fsp3) is 0.667. The van der Waals surface area contributed by atoms with E-state index in [2.05, 4.69) is 16.0 Å². The SMILES string of the molecule is N#Cc1c(C2C3CC4CC(C3)CC2C4)nc[nH]c1=O. The Labute approximate surface area is 111 Å². The highest BCUT2D eigenvalue weighted by Crippen LogP contribution is 2.59. The van der Waals surface area contributed by atoms with Crippen molar-refractivity contribution in [2.24, 2.45) is 23.7 Å². The van der Waals surface area contributed by atoms with Crippen molar-refractivity contribution in [3.8, 4) is 6.07 Å². The van der Waals surface area contributed by atoms with Crippen molar-refractivity contribution in [2.45, 2.75) is 38.0 Å². The number of aromatic nitrogens is 2. The third kappa shape index (κ3) is 1.57. The minimum absolute atomic E-state index is 0.250. The molecule has 1 aromatic heterocycles. The second-order valence-corrected chi connectivity index (χ2v) is 6.56. The molecule has 4 aliphatic carbocycles. The molecule has 1 N–H and O–H groups in total. The highest BCUT2D eigenvalue weighted by molar-refractivity contribution is 5.34. The molecule has 4 heteroatoms. The molecule has 5 rings (SSSR count). The van der Waals surface area contributed by atoms with E-state index in [4.69, 9.17) is 0 Å². The Morgan fingerprint density at radius 3 is 2.37 bits per heavy atom. The quantitative estimate of drug-likeness (QED) is 0.836. The molecule has 98 valence electrons. The second-order valence-electron chi connectivity index (χ2n) is 6.56. The van der Waals surface area contributed by atoms with Gasteiger partial charge in [-0.3, -0.25) is 4.79 Å². The van der Waals surface area contributed by atoms with Gasteiger partial charge in [-0.15, -0.1) is 0 Å². The molecule has 0 unspecified atom stereocenters. The zero-order valence-electron chi connectivity index (χ0n) is 10.8. The van der Waals surface area contributed by atoms with Crippen LogP contribution in [0.25, 0.3) is 0 Å². The minimum Gasteiger partial charge on any atom is -0.312 e. The number of hydrogen-bond acceptors (Lipinski definition) is 3. The summed E-state index contributed by atoms with van der Waals surface area (Å²) in [5.74, 6) is 3.44. The van der Waals surface area contributed by atoms with Crippen LogP contribution in [0.15, 0.2) is 11.1 Å². The summed E-state index contributed by atoms with van der Waals surface area (Å²) >= 11 is 0. The summed E-state index contributed by atoms with van der Waals surface area (Å²) in [6.07, 6.45) is 7.97. The van der Waals surface area contributed by atoms with E-state index in [0.717, 1.165) is 17.5 Å². The van der Waals surface area contributed by atoms with Crippen molar-refractivity contribution in [3.63, 3.8) is 0 Å². The minimum atomic E-state index is -0.277. The van der Waals surface area contributed by atoms with Gasteiger partial charge < -0.3 is 4.98 Å². The largest absolute Gasteiger partial charge is 0.312 e. The van der Waals surface area contributed by atoms with Crippen LogP contribution in [0.3, 0.4) is 0 Å². The van der Waals surface area contributed by atoms with E-state index in [-0.39, 0.29) is 11.1 Å². The van der Waals surface area contributed by atoms with Gasteiger partial charge in [0.1, 0.15) is 11.6 Å². The van der Waals surface area contributed by atoms with Crippen LogP contribution in [0.2, 0.25) is 0 Å². The summed E-state index contributed by atoms with van der Waals surface area (Å²) < 4.78 is 0. The average Bonchev–Trinajstić information content (AvgIpc) is 2.37. The third-order valence-electron chi connectivity index (χ3n) is 5.54. The van der Waals surface area contributed by atoms with E-state index in [1.165, 1.54) is 38.4 Å². The molecule has 0 atom stereocenters. The maximum atomic E-state index is 11.8. The summed E-state index contributed by atoms with van der Waals surface area (Å²) in [5, 5.41) is 9.24. The molecule has 0 aromatic carbocycles. The van der Waals surface area contributed by atoms with Crippen molar-refractivity contribution in [3.05, 3.63) is 27.9 Å². The molecule has 4 aliphatic rings. The van der Waals surface area contributed by atoms with Crippen LogP contribution < -0.4 is 5.56 Å². The van der Waals surface area contributed by atoms with Gasteiger partial charge in [0, 0.05) is 5.92 Å². The lowest BCUT2D eigenvalue weighted by atomic mass is 9.51. The zero-order valence-corrected chi connectivity index (χ0v) is 10.8. The van der Waals surface area contributed by atoms with Gasteiger partial charge in [-0.1, -0.05) is 0 Å². The zero-order chi connectivity index (χ0) is 13.0. The number of rotatable bonds is 1. The number of nitrogens with one attached hydrogen (secondary N) is 1. The molecule has 4 bridgehead atoms. The van der Waals surface area contributed by atoms with Crippen LogP contribution in [0.1, 0.15) is 49.3 Å². The van der Waals surface area contributed by atoms with Crippen molar-refractivity contribution in [2.75, 3.05) is 0 Å². The van der Waals surface area contributed by atoms with Gasteiger partial charge in [0.05, 0.1) is 12.0 Å². The molecule has 0 aliphatic heterocycles.